The first-order valence-electron chi connectivity index (χ1n) is 6.19. The second kappa shape index (κ2) is 11.6. The second-order valence-electron chi connectivity index (χ2n) is 4.24. The van der Waals surface area contributed by atoms with Gasteiger partial charge in [0.1, 0.15) is 0 Å². The van der Waals surface area contributed by atoms with Crippen LogP contribution in [0.1, 0.15) is 57.8 Å². The molecule has 0 aromatic heterocycles. The first-order valence-corrected chi connectivity index (χ1v) is 12.6. The number of hydrogen-bond acceptors (Lipinski definition) is 0. The summed E-state index contributed by atoms with van der Waals surface area (Å²) in [6.45, 7) is 0. The average molecular weight is 369 g/mol. The quantitative estimate of drug-likeness (QED) is 0.168. The smallest absolute Gasteiger partial charge is 0.126 e. The summed E-state index contributed by atoms with van der Waals surface area (Å²) >= 11 is 20.9. The predicted molar refractivity (Wildman–Crippen MR) is 83.5 cm³/mol. The van der Waals surface area contributed by atoms with Gasteiger partial charge in [-0.15, -0.1) is 33.2 Å². The van der Waals surface area contributed by atoms with Crippen molar-refractivity contribution >= 4 is 55.2 Å². The third kappa shape index (κ3) is 15.6. The van der Waals surface area contributed by atoms with E-state index in [0.29, 0.717) is 0 Å². The lowest BCUT2D eigenvalue weighted by molar-refractivity contribution is 0.573. The number of hydrogen-bond donors (Lipinski definition) is 0. The molecule has 98 valence electrons. The summed E-state index contributed by atoms with van der Waals surface area (Å²) in [5.74, 6) is 0. The molecular formula is C11H22BrCl3Si. The van der Waals surface area contributed by atoms with Gasteiger partial charge in [0.15, 0.2) is 0 Å². The van der Waals surface area contributed by atoms with E-state index in [1.165, 1.54) is 51.4 Å². The highest BCUT2D eigenvalue weighted by Gasteiger charge is 2.23. The third-order valence-electron chi connectivity index (χ3n) is 2.59. The first kappa shape index (κ1) is 17.6. The van der Waals surface area contributed by atoms with Crippen LogP contribution in [0, 0.1) is 0 Å². The van der Waals surface area contributed by atoms with Crippen molar-refractivity contribution in [3.63, 3.8) is 0 Å². The van der Waals surface area contributed by atoms with E-state index >= 15 is 0 Å². The molecule has 0 aliphatic carbocycles. The zero-order valence-corrected chi connectivity index (χ0v) is 14.6. The molecule has 0 bridgehead atoms. The molecule has 0 aromatic rings. The van der Waals surface area contributed by atoms with E-state index in [4.69, 9.17) is 33.2 Å². The topological polar surface area (TPSA) is 0 Å². The lowest BCUT2D eigenvalue weighted by Gasteiger charge is -2.06. The Morgan fingerprint density at radius 1 is 0.625 bits per heavy atom. The Morgan fingerprint density at radius 3 is 1.38 bits per heavy atom. The van der Waals surface area contributed by atoms with E-state index in [1.54, 1.807) is 0 Å². The van der Waals surface area contributed by atoms with Gasteiger partial charge in [0, 0.05) is 5.33 Å². The molecule has 0 N–H and O–H groups in total. The van der Waals surface area contributed by atoms with Crippen molar-refractivity contribution in [1.82, 2.24) is 0 Å². The van der Waals surface area contributed by atoms with Crippen LogP contribution >= 0.6 is 49.2 Å². The standard InChI is InChI=1S/C11H22BrCl3Si/c12-10-8-6-4-2-1-3-5-7-9-11-16(13,14)15/h1-11H2. The van der Waals surface area contributed by atoms with Gasteiger partial charge in [-0.25, -0.2) is 0 Å². The Hall–Kier alpha value is 1.57. The molecule has 16 heavy (non-hydrogen) atoms. The summed E-state index contributed by atoms with van der Waals surface area (Å²) in [7, 11) is 0. The number of rotatable bonds is 11. The van der Waals surface area contributed by atoms with Crippen molar-refractivity contribution in [1.29, 1.82) is 0 Å². The van der Waals surface area contributed by atoms with Crippen molar-refractivity contribution < 1.29 is 0 Å². The Bertz CT molecular complexity index is 151. The van der Waals surface area contributed by atoms with Crippen molar-refractivity contribution in [2.75, 3.05) is 5.33 Å². The van der Waals surface area contributed by atoms with Gasteiger partial charge in [-0.05, 0) is 12.5 Å². The van der Waals surface area contributed by atoms with Crippen LogP contribution in [0.25, 0.3) is 0 Å². The molecule has 0 nitrogen and oxygen atoms in total. The normalized spacial score (nSPS) is 12.0. The average Bonchev–Trinajstić information content (AvgIpc) is 2.19. The molecule has 0 unspecified atom stereocenters. The lowest BCUT2D eigenvalue weighted by atomic mass is 10.1. The highest BCUT2D eigenvalue weighted by Crippen LogP contribution is 2.27. The minimum atomic E-state index is -2.34. The van der Waals surface area contributed by atoms with Crippen LogP contribution in [0.5, 0.6) is 0 Å². The SMILES string of the molecule is Cl[Si](Cl)(Cl)CCCCCCCCCCCBr. The van der Waals surface area contributed by atoms with Gasteiger partial charge in [-0.3, -0.25) is 0 Å². The van der Waals surface area contributed by atoms with Gasteiger partial charge in [-0.2, -0.15) is 0 Å². The maximum atomic E-state index is 5.81. The molecule has 0 saturated carbocycles. The molecule has 0 aliphatic heterocycles. The molecule has 0 amide bonds. The fraction of sp³-hybridized carbons (Fsp3) is 1.00. The largest absolute Gasteiger partial charge is 0.341 e. The molecule has 0 aromatic carbocycles. The molecule has 0 atom stereocenters. The Kier molecular flexibility index (Phi) is 12.8. The summed E-state index contributed by atoms with van der Waals surface area (Å²) in [5.41, 5.74) is 0. The first-order chi connectivity index (χ1) is 7.56. The van der Waals surface area contributed by atoms with Crippen molar-refractivity contribution in [3.05, 3.63) is 0 Å². The molecular weight excluding hydrogens is 346 g/mol. The summed E-state index contributed by atoms with van der Waals surface area (Å²) in [6.07, 6.45) is 11.8. The van der Waals surface area contributed by atoms with E-state index in [1.807, 2.05) is 0 Å². The van der Waals surface area contributed by atoms with Crippen LogP contribution < -0.4 is 0 Å². The van der Waals surface area contributed by atoms with Crippen molar-refractivity contribution in [3.8, 4) is 0 Å². The maximum absolute atomic E-state index is 5.81. The van der Waals surface area contributed by atoms with Gasteiger partial charge >= 0.3 is 6.00 Å². The van der Waals surface area contributed by atoms with E-state index in [-0.39, 0.29) is 0 Å². The predicted octanol–water partition coefficient (Wildman–Crippen LogP) is 6.55. The van der Waals surface area contributed by atoms with Gasteiger partial charge in [0.2, 0.25) is 0 Å². The van der Waals surface area contributed by atoms with Crippen LogP contribution in [-0.2, 0) is 0 Å². The fourth-order valence-electron chi connectivity index (χ4n) is 1.66. The molecule has 0 saturated heterocycles. The molecule has 5 heteroatoms. The van der Waals surface area contributed by atoms with E-state index in [9.17, 15) is 0 Å². The molecule has 0 heterocycles. The van der Waals surface area contributed by atoms with Crippen LogP contribution in [0.3, 0.4) is 0 Å². The van der Waals surface area contributed by atoms with E-state index in [0.717, 1.165) is 17.8 Å². The van der Waals surface area contributed by atoms with Crippen molar-refractivity contribution in [2.45, 2.75) is 63.8 Å². The monoisotopic (exact) mass is 366 g/mol. The minimum Gasteiger partial charge on any atom is -0.126 e. The third-order valence-corrected chi connectivity index (χ3v) is 5.78. The van der Waals surface area contributed by atoms with Gasteiger partial charge in [0.05, 0.1) is 0 Å². The van der Waals surface area contributed by atoms with Crippen LogP contribution in [0.2, 0.25) is 6.04 Å². The van der Waals surface area contributed by atoms with Crippen molar-refractivity contribution in [2.24, 2.45) is 0 Å². The fourth-order valence-corrected chi connectivity index (χ4v) is 3.91. The number of alkyl halides is 1. The highest BCUT2D eigenvalue weighted by atomic mass is 79.9. The second-order valence-corrected chi connectivity index (χ2v) is 14.3. The molecule has 0 spiro atoms. The Morgan fingerprint density at radius 2 is 1.00 bits per heavy atom. The molecule has 0 fully saturated rings. The van der Waals surface area contributed by atoms with Gasteiger partial charge < -0.3 is 0 Å². The van der Waals surface area contributed by atoms with Crippen LogP contribution in [-0.4, -0.2) is 11.3 Å². The Labute approximate surface area is 124 Å². The summed E-state index contributed by atoms with van der Waals surface area (Å²) < 4.78 is 0. The molecule has 0 aliphatic rings. The highest BCUT2D eigenvalue weighted by molar-refractivity contribution is 9.09. The number of halogens is 4. The maximum Gasteiger partial charge on any atom is 0.341 e. The van der Waals surface area contributed by atoms with Gasteiger partial charge in [0.25, 0.3) is 0 Å². The summed E-state index contributed by atoms with van der Waals surface area (Å²) in [6, 6.07) is -1.51. The van der Waals surface area contributed by atoms with Crippen LogP contribution in [0.4, 0.5) is 0 Å². The zero-order chi connectivity index (χ0) is 12.3. The lowest BCUT2D eigenvalue weighted by Crippen LogP contribution is -2.07. The minimum absolute atomic E-state index is 0.822. The van der Waals surface area contributed by atoms with Crippen LogP contribution in [0.15, 0.2) is 0 Å². The zero-order valence-electron chi connectivity index (χ0n) is 9.79. The molecule has 0 radical (unpaired) electrons. The molecule has 0 rings (SSSR count). The van der Waals surface area contributed by atoms with Gasteiger partial charge in [-0.1, -0.05) is 67.3 Å². The van der Waals surface area contributed by atoms with E-state index in [2.05, 4.69) is 15.9 Å². The summed E-state index contributed by atoms with van der Waals surface area (Å²) in [5, 5.41) is 1.15. The number of unbranched alkanes of at least 4 members (excludes halogenated alkanes) is 8. The Balaban J connectivity index is 2.99. The van der Waals surface area contributed by atoms with E-state index < -0.39 is 6.00 Å². The summed E-state index contributed by atoms with van der Waals surface area (Å²) in [4.78, 5) is 0.